The van der Waals surface area contributed by atoms with Gasteiger partial charge >= 0.3 is 0 Å². The number of hydrogen-bond donors (Lipinski definition) is 0. The van der Waals surface area contributed by atoms with Gasteiger partial charge in [-0.3, -0.25) is 9.97 Å². The number of aromatic nitrogens is 3. The number of benzene rings is 1. The first-order valence-corrected chi connectivity index (χ1v) is 7.57. The van der Waals surface area contributed by atoms with Crippen LogP contribution in [-0.2, 0) is 18.0 Å². The molecule has 6 nitrogen and oxygen atoms in total. The van der Waals surface area contributed by atoms with Crippen molar-refractivity contribution in [3.05, 3.63) is 66.4 Å². The van der Waals surface area contributed by atoms with E-state index in [9.17, 15) is 0 Å². The van der Waals surface area contributed by atoms with Gasteiger partial charge in [-0.15, -0.1) is 0 Å². The molecular formula is C18H15N3O3. The number of hydrogen-bond acceptors (Lipinski definition) is 6. The molecule has 1 aliphatic rings. The van der Waals surface area contributed by atoms with Gasteiger partial charge < -0.3 is 14.2 Å². The van der Waals surface area contributed by atoms with Crippen LogP contribution >= 0.6 is 0 Å². The van der Waals surface area contributed by atoms with Crippen molar-refractivity contribution in [3.8, 4) is 22.8 Å². The van der Waals surface area contributed by atoms with Crippen molar-refractivity contribution in [2.75, 3.05) is 6.79 Å². The topological polar surface area (TPSA) is 66.4 Å². The smallest absolute Gasteiger partial charge is 0.231 e. The lowest BCUT2D eigenvalue weighted by Crippen LogP contribution is -1.99. The van der Waals surface area contributed by atoms with Crippen LogP contribution in [-0.4, -0.2) is 21.7 Å². The van der Waals surface area contributed by atoms with Crippen LogP contribution in [0.1, 0.15) is 11.4 Å². The van der Waals surface area contributed by atoms with Crippen LogP contribution in [0.3, 0.4) is 0 Å². The van der Waals surface area contributed by atoms with E-state index < -0.39 is 0 Å². The highest BCUT2D eigenvalue weighted by Crippen LogP contribution is 2.35. The Labute approximate surface area is 139 Å². The molecule has 0 aliphatic carbocycles. The van der Waals surface area contributed by atoms with Crippen LogP contribution in [0.2, 0.25) is 0 Å². The summed E-state index contributed by atoms with van der Waals surface area (Å²) in [4.78, 5) is 13.1. The van der Waals surface area contributed by atoms with E-state index in [1.807, 2.05) is 36.4 Å². The lowest BCUT2D eigenvalue weighted by atomic mass is 10.1. The molecule has 0 amide bonds. The zero-order valence-electron chi connectivity index (χ0n) is 12.9. The van der Waals surface area contributed by atoms with E-state index >= 15 is 0 Å². The molecule has 0 N–H and O–H groups in total. The Balaban J connectivity index is 1.45. The Hall–Kier alpha value is -2.99. The number of rotatable bonds is 5. The largest absolute Gasteiger partial charge is 0.454 e. The van der Waals surface area contributed by atoms with Crippen LogP contribution < -0.4 is 9.47 Å². The Bertz CT molecular complexity index is 840. The molecule has 0 unspecified atom stereocenters. The molecule has 3 heterocycles. The predicted molar refractivity (Wildman–Crippen MR) is 86.3 cm³/mol. The second kappa shape index (κ2) is 6.64. The van der Waals surface area contributed by atoms with Gasteiger partial charge in [0.05, 0.1) is 42.7 Å². The monoisotopic (exact) mass is 321 g/mol. The van der Waals surface area contributed by atoms with Gasteiger partial charge in [0.25, 0.3) is 0 Å². The van der Waals surface area contributed by atoms with Gasteiger partial charge in [0.2, 0.25) is 6.79 Å². The van der Waals surface area contributed by atoms with Gasteiger partial charge in [-0.05, 0) is 30.3 Å². The molecule has 120 valence electrons. The zero-order chi connectivity index (χ0) is 16.2. The van der Waals surface area contributed by atoms with Crippen molar-refractivity contribution in [2.45, 2.75) is 13.2 Å². The van der Waals surface area contributed by atoms with E-state index in [0.717, 1.165) is 34.1 Å². The minimum Gasteiger partial charge on any atom is -0.454 e. The van der Waals surface area contributed by atoms with Crippen LogP contribution in [0.5, 0.6) is 11.5 Å². The molecular weight excluding hydrogens is 306 g/mol. The van der Waals surface area contributed by atoms with E-state index in [0.29, 0.717) is 13.2 Å². The quantitative estimate of drug-likeness (QED) is 0.720. The maximum atomic E-state index is 5.66. The molecule has 0 spiro atoms. The van der Waals surface area contributed by atoms with E-state index in [4.69, 9.17) is 14.2 Å². The maximum absolute atomic E-state index is 5.66. The average molecular weight is 321 g/mol. The van der Waals surface area contributed by atoms with E-state index in [1.54, 1.807) is 18.6 Å². The summed E-state index contributed by atoms with van der Waals surface area (Å²) in [5.41, 5.74) is 3.35. The summed E-state index contributed by atoms with van der Waals surface area (Å²) in [6.45, 7) is 1.07. The molecule has 0 fully saturated rings. The number of ether oxygens (including phenoxy) is 3. The fraction of sp³-hybridized carbons (Fsp3) is 0.167. The van der Waals surface area contributed by atoms with E-state index in [1.165, 1.54) is 0 Å². The number of fused-ring (bicyclic) bond motifs is 1. The Morgan fingerprint density at radius 3 is 2.79 bits per heavy atom. The van der Waals surface area contributed by atoms with Crippen molar-refractivity contribution in [2.24, 2.45) is 0 Å². The summed E-state index contributed by atoms with van der Waals surface area (Å²) in [6, 6.07) is 11.5. The summed E-state index contributed by atoms with van der Waals surface area (Å²) < 4.78 is 16.4. The average Bonchev–Trinajstić information content (AvgIpc) is 3.11. The highest BCUT2D eigenvalue weighted by molar-refractivity contribution is 5.63. The van der Waals surface area contributed by atoms with Crippen LogP contribution in [0.15, 0.2) is 55.0 Å². The molecule has 0 saturated heterocycles. The standard InChI is InChI=1S/C18H15N3O3/c1-2-6-20-14(3-1)10-22-11-15-8-19-9-16(21-15)13-4-5-17-18(7-13)24-12-23-17/h1-9H,10-12H2. The summed E-state index contributed by atoms with van der Waals surface area (Å²) >= 11 is 0. The Morgan fingerprint density at radius 2 is 1.88 bits per heavy atom. The lowest BCUT2D eigenvalue weighted by Gasteiger charge is -2.06. The first kappa shape index (κ1) is 14.6. The van der Waals surface area contributed by atoms with E-state index in [2.05, 4.69) is 15.0 Å². The van der Waals surface area contributed by atoms with Crippen molar-refractivity contribution >= 4 is 0 Å². The van der Waals surface area contributed by atoms with Gasteiger partial charge in [0.1, 0.15) is 0 Å². The minimum absolute atomic E-state index is 0.256. The maximum Gasteiger partial charge on any atom is 0.231 e. The highest BCUT2D eigenvalue weighted by Gasteiger charge is 2.14. The molecule has 2 aromatic heterocycles. The van der Waals surface area contributed by atoms with Gasteiger partial charge in [0, 0.05) is 11.8 Å². The molecule has 3 aromatic rings. The fourth-order valence-corrected chi connectivity index (χ4v) is 2.41. The predicted octanol–water partition coefficient (Wildman–Crippen LogP) is 2.98. The summed E-state index contributed by atoms with van der Waals surface area (Å²) in [5, 5.41) is 0. The summed E-state index contributed by atoms with van der Waals surface area (Å²) in [6.07, 6.45) is 5.17. The SMILES string of the molecule is c1ccc(COCc2cncc(-c3ccc4c(c3)OCO4)n2)nc1. The van der Waals surface area contributed by atoms with Crippen LogP contribution in [0.4, 0.5) is 0 Å². The van der Waals surface area contributed by atoms with Gasteiger partial charge in [-0.2, -0.15) is 0 Å². The normalized spacial score (nSPS) is 12.3. The molecule has 1 aliphatic heterocycles. The van der Waals surface area contributed by atoms with Crippen molar-refractivity contribution in [1.82, 2.24) is 15.0 Å². The van der Waals surface area contributed by atoms with Crippen molar-refractivity contribution < 1.29 is 14.2 Å². The molecule has 0 saturated carbocycles. The molecule has 0 radical (unpaired) electrons. The fourth-order valence-electron chi connectivity index (χ4n) is 2.41. The molecule has 6 heteroatoms. The minimum atomic E-state index is 0.256. The molecule has 24 heavy (non-hydrogen) atoms. The molecule has 0 bridgehead atoms. The first-order valence-electron chi connectivity index (χ1n) is 7.57. The van der Waals surface area contributed by atoms with E-state index in [-0.39, 0.29) is 6.79 Å². The molecule has 1 aromatic carbocycles. The third kappa shape index (κ3) is 3.18. The highest BCUT2D eigenvalue weighted by atomic mass is 16.7. The van der Waals surface area contributed by atoms with Gasteiger partial charge in [-0.1, -0.05) is 6.07 Å². The third-order valence-corrected chi connectivity index (χ3v) is 3.58. The summed E-state index contributed by atoms with van der Waals surface area (Å²) in [7, 11) is 0. The Morgan fingerprint density at radius 1 is 0.958 bits per heavy atom. The lowest BCUT2D eigenvalue weighted by molar-refractivity contribution is 0.102. The van der Waals surface area contributed by atoms with Crippen molar-refractivity contribution in [3.63, 3.8) is 0 Å². The summed E-state index contributed by atoms with van der Waals surface area (Å²) in [5.74, 6) is 1.48. The van der Waals surface area contributed by atoms with Crippen LogP contribution in [0.25, 0.3) is 11.3 Å². The Kier molecular flexibility index (Phi) is 4.04. The number of nitrogens with zero attached hydrogens (tertiary/aromatic N) is 3. The molecule has 4 rings (SSSR count). The van der Waals surface area contributed by atoms with Gasteiger partial charge in [0.15, 0.2) is 11.5 Å². The van der Waals surface area contributed by atoms with Crippen molar-refractivity contribution in [1.29, 1.82) is 0 Å². The number of pyridine rings is 1. The second-order valence-corrected chi connectivity index (χ2v) is 5.28. The first-order chi connectivity index (χ1) is 11.9. The zero-order valence-corrected chi connectivity index (χ0v) is 12.9. The third-order valence-electron chi connectivity index (χ3n) is 3.58. The molecule has 0 atom stereocenters. The van der Waals surface area contributed by atoms with Gasteiger partial charge in [-0.25, -0.2) is 4.98 Å². The van der Waals surface area contributed by atoms with Crippen LogP contribution in [0, 0.1) is 0 Å². The second-order valence-electron chi connectivity index (χ2n) is 5.28.